The van der Waals surface area contributed by atoms with Gasteiger partial charge in [0.2, 0.25) is 18.1 Å². The van der Waals surface area contributed by atoms with Crippen LogP contribution in [0.25, 0.3) is 9.69 Å². The van der Waals surface area contributed by atoms with E-state index in [9.17, 15) is 10.5 Å². The second-order valence-electron chi connectivity index (χ2n) is 9.91. The van der Waals surface area contributed by atoms with Gasteiger partial charge in [0.05, 0.1) is 35.6 Å². The molecule has 7 rings (SSSR count). The SMILES string of the molecule is [C-]#[N+]c1ccc2c3c1Oc1c([N+]#[C-])cc(C#N)c4c1N3c1c(ccc(C#N)c1O4)B2c1c(C)cc(C)cc1C. The summed E-state index contributed by atoms with van der Waals surface area (Å²) < 4.78 is 12.8. The number of benzene rings is 4. The largest absolute Gasteiger partial charge is 0.475 e. The topological polar surface area (TPSA) is 78.0 Å². The highest BCUT2D eigenvalue weighted by atomic mass is 16.5. The van der Waals surface area contributed by atoms with Gasteiger partial charge in [-0.3, -0.25) is 4.90 Å². The summed E-state index contributed by atoms with van der Waals surface area (Å²) in [5.41, 5.74) is 9.14. The van der Waals surface area contributed by atoms with Crippen molar-refractivity contribution in [3.05, 3.63) is 93.1 Å². The molecule has 0 aromatic heterocycles. The molecule has 3 aliphatic heterocycles. The molecule has 0 unspecified atom stereocenters. The molecule has 0 atom stereocenters. The summed E-state index contributed by atoms with van der Waals surface area (Å²) in [6.45, 7) is 21.7. The van der Waals surface area contributed by atoms with Crippen LogP contribution in [-0.2, 0) is 0 Å². The second kappa shape index (κ2) is 7.66. The van der Waals surface area contributed by atoms with E-state index >= 15 is 0 Å². The van der Waals surface area contributed by atoms with E-state index in [-0.39, 0.29) is 29.5 Å². The van der Waals surface area contributed by atoms with Gasteiger partial charge in [-0.1, -0.05) is 52.5 Å². The average molecular weight is 501 g/mol. The molecule has 4 aromatic rings. The zero-order valence-corrected chi connectivity index (χ0v) is 21.2. The Morgan fingerprint density at radius 2 is 1.28 bits per heavy atom. The Labute approximate surface area is 225 Å². The Balaban J connectivity index is 1.69. The van der Waals surface area contributed by atoms with Gasteiger partial charge in [-0.2, -0.15) is 10.5 Å². The molecular formula is C31H16BN5O2. The fourth-order valence-electron chi connectivity index (χ4n) is 6.33. The minimum absolute atomic E-state index is 0.148. The molecule has 0 fully saturated rings. The monoisotopic (exact) mass is 501 g/mol. The number of nitriles is 2. The normalized spacial score (nSPS) is 12.7. The van der Waals surface area contributed by atoms with Crippen LogP contribution in [0, 0.1) is 56.6 Å². The Morgan fingerprint density at radius 1 is 0.718 bits per heavy atom. The van der Waals surface area contributed by atoms with Crippen molar-refractivity contribution >= 4 is 51.5 Å². The van der Waals surface area contributed by atoms with Crippen molar-refractivity contribution in [2.45, 2.75) is 20.8 Å². The maximum Gasteiger partial charge on any atom is 0.247 e. The molecular weight excluding hydrogens is 485 g/mol. The molecule has 39 heavy (non-hydrogen) atoms. The number of rotatable bonds is 1. The fraction of sp³-hybridized carbons (Fsp3) is 0.0968. The molecule has 0 saturated carbocycles. The average Bonchev–Trinajstić information content (AvgIpc) is 2.93. The molecule has 7 nitrogen and oxygen atoms in total. The minimum Gasteiger partial charge on any atom is -0.475 e. The van der Waals surface area contributed by atoms with Gasteiger partial charge in [0, 0.05) is 0 Å². The van der Waals surface area contributed by atoms with Gasteiger partial charge in [-0.15, -0.1) is 0 Å². The van der Waals surface area contributed by atoms with Crippen molar-refractivity contribution in [3.63, 3.8) is 0 Å². The van der Waals surface area contributed by atoms with Gasteiger partial charge < -0.3 is 9.47 Å². The number of hydrogen-bond acceptors (Lipinski definition) is 5. The highest BCUT2D eigenvalue weighted by Gasteiger charge is 2.48. The van der Waals surface area contributed by atoms with Crippen LogP contribution in [0.2, 0.25) is 0 Å². The van der Waals surface area contributed by atoms with E-state index in [2.05, 4.69) is 54.7 Å². The van der Waals surface area contributed by atoms with Crippen LogP contribution in [0.4, 0.5) is 28.4 Å². The summed E-state index contributed by atoms with van der Waals surface area (Å²) in [4.78, 5) is 9.31. The standard InChI is InChI=1S/C31H16BN5O2/c1-15-10-16(2)24(17(3)11-15)32-20-7-6-18(13-33)28-25(20)37-26-21(32)8-9-22(35-4)30(26)39-31-23(36-5)12-19(14-34)29(38-28)27(31)37/h6-12H,1-3H3. The molecule has 0 bridgehead atoms. The van der Waals surface area contributed by atoms with Crippen molar-refractivity contribution in [3.8, 4) is 35.1 Å². The first-order valence-electron chi connectivity index (χ1n) is 12.2. The third kappa shape index (κ3) is 2.73. The van der Waals surface area contributed by atoms with E-state index in [0.717, 1.165) is 27.5 Å². The van der Waals surface area contributed by atoms with Gasteiger partial charge in [0.15, 0.2) is 23.0 Å². The van der Waals surface area contributed by atoms with E-state index in [1.54, 1.807) is 12.1 Å². The second-order valence-corrected chi connectivity index (χ2v) is 9.91. The number of anilines is 3. The zero-order chi connectivity index (χ0) is 27.2. The fourth-order valence-corrected chi connectivity index (χ4v) is 6.33. The predicted molar refractivity (Wildman–Crippen MR) is 149 cm³/mol. The van der Waals surface area contributed by atoms with E-state index in [4.69, 9.17) is 22.6 Å². The zero-order valence-electron chi connectivity index (χ0n) is 21.2. The summed E-state index contributed by atoms with van der Waals surface area (Å²) in [6.07, 6.45) is 0. The summed E-state index contributed by atoms with van der Waals surface area (Å²) in [5.74, 6) is 1.16. The lowest BCUT2D eigenvalue weighted by Crippen LogP contribution is -2.59. The number of nitrogens with zero attached hydrogens (tertiary/aromatic N) is 5. The molecule has 0 N–H and O–H groups in total. The van der Waals surface area contributed by atoms with Crippen LogP contribution in [0.1, 0.15) is 27.8 Å². The van der Waals surface area contributed by atoms with Crippen LogP contribution in [0.3, 0.4) is 0 Å². The van der Waals surface area contributed by atoms with Crippen LogP contribution >= 0.6 is 0 Å². The predicted octanol–water partition coefficient (Wildman–Crippen LogP) is 5.97. The Morgan fingerprint density at radius 3 is 1.92 bits per heavy atom. The van der Waals surface area contributed by atoms with Gasteiger partial charge in [0.25, 0.3) is 0 Å². The van der Waals surface area contributed by atoms with Gasteiger partial charge in [0.1, 0.15) is 17.8 Å². The van der Waals surface area contributed by atoms with Gasteiger partial charge >= 0.3 is 0 Å². The Kier molecular flexibility index (Phi) is 4.42. The molecule has 0 aliphatic carbocycles. The highest BCUT2D eigenvalue weighted by Crippen LogP contribution is 2.64. The molecule has 0 saturated heterocycles. The molecule has 3 aliphatic rings. The quantitative estimate of drug-likeness (QED) is 0.205. The molecule has 0 spiro atoms. The lowest BCUT2D eigenvalue weighted by atomic mass is 9.33. The van der Waals surface area contributed by atoms with E-state index in [1.165, 1.54) is 11.6 Å². The molecule has 8 heteroatoms. The first-order valence-corrected chi connectivity index (χ1v) is 12.2. The van der Waals surface area contributed by atoms with Crippen molar-refractivity contribution in [2.75, 3.05) is 4.90 Å². The van der Waals surface area contributed by atoms with Crippen LogP contribution in [0.15, 0.2) is 42.5 Å². The summed E-state index contributed by atoms with van der Waals surface area (Å²) in [6, 6.07) is 17.6. The Hall–Kier alpha value is -5.70. The summed E-state index contributed by atoms with van der Waals surface area (Å²) in [5, 5.41) is 20.0. The summed E-state index contributed by atoms with van der Waals surface area (Å²) in [7, 11) is 0. The lowest BCUT2D eigenvalue weighted by molar-refractivity contribution is 0.447. The number of aryl methyl sites for hydroxylation is 3. The van der Waals surface area contributed by atoms with Crippen LogP contribution in [0.5, 0.6) is 23.0 Å². The highest BCUT2D eigenvalue weighted by molar-refractivity contribution is 6.98. The van der Waals surface area contributed by atoms with E-state index < -0.39 is 0 Å². The maximum absolute atomic E-state index is 10.0. The van der Waals surface area contributed by atoms with Gasteiger partial charge in [-0.05, 0) is 43.8 Å². The van der Waals surface area contributed by atoms with Crippen LogP contribution < -0.4 is 30.8 Å². The van der Waals surface area contributed by atoms with Crippen molar-refractivity contribution in [1.82, 2.24) is 0 Å². The maximum atomic E-state index is 10.0. The number of hydrogen-bond donors (Lipinski definition) is 0. The first kappa shape index (κ1) is 22.5. The van der Waals surface area contributed by atoms with Crippen molar-refractivity contribution < 1.29 is 9.47 Å². The molecule has 0 radical (unpaired) electrons. The molecule has 180 valence electrons. The first-order chi connectivity index (χ1) is 18.9. The van der Waals surface area contributed by atoms with E-state index in [0.29, 0.717) is 39.8 Å². The van der Waals surface area contributed by atoms with E-state index in [1.807, 2.05) is 17.0 Å². The van der Waals surface area contributed by atoms with Crippen molar-refractivity contribution in [1.29, 1.82) is 10.5 Å². The van der Waals surface area contributed by atoms with Crippen molar-refractivity contribution in [2.24, 2.45) is 0 Å². The number of ether oxygens (including phenoxy) is 2. The Bertz CT molecular complexity index is 1890. The van der Waals surface area contributed by atoms with Crippen LogP contribution in [-0.4, -0.2) is 6.71 Å². The molecule has 0 amide bonds. The molecule has 3 heterocycles. The summed E-state index contributed by atoms with van der Waals surface area (Å²) >= 11 is 0. The third-order valence-corrected chi connectivity index (χ3v) is 7.70. The smallest absolute Gasteiger partial charge is 0.247 e. The van der Waals surface area contributed by atoms with Gasteiger partial charge in [-0.25, -0.2) is 9.69 Å². The minimum atomic E-state index is -0.230. The lowest BCUT2D eigenvalue weighted by Gasteiger charge is -2.45. The molecule has 4 aromatic carbocycles. The third-order valence-electron chi connectivity index (χ3n) is 7.70.